The van der Waals surface area contributed by atoms with Crippen LogP contribution in [0.15, 0.2) is 41.0 Å². The number of anilines is 1. The maximum absolute atomic E-state index is 12.7. The summed E-state index contributed by atoms with van der Waals surface area (Å²) < 4.78 is 5.24. The van der Waals surface area contributed by atoms with Crippen molar-refractivity contribution >= 4 is 29.3 Å². The van der Waals surface area contributed by atoms with E-state index in [1.54, 1.807) is 30.5 Å². The van der Waals surface area contributed by atoms with Crippen molar-refractivity contribution in [3.8, 4) is 0 Å². The Morgan fingerprint density at radius 3 is 2.65 bits per heavy atom. The third-order valence-electron chi connectivity index (χ3n) is 4.49. The third-order valence-corrected chi connectivity index (χ3v) is 4.49. The number of nitrogens with one attached hydrogen (secondary N) is 2. The predicted octanol–water partition coefficient (Wildman–Crippen LogP) is 1.29. The van der Waals surface area contributed by atoms with Crippen molar-refractivity contribution in [1.29, 1.82) is 0 Å². The van der Waals surface area contributed by atoms with Crippen LogP contribution in [0.25, 0.3) is 0 Å². The third kappa shape index (κ3) is 2.65. The Morgan fingerprint density at radius 1 is 1.12 bits per heavy atom. The summed E-state index contributed by atoms with van der Waals surface area (Å²) in [6.07, 6.45) is 1.80. The van der Waals surface area contributed by atoms with E-state index >= 15 is 0 Å². The molecule has 4 amide bonds. The average Bonchev–Trinajstić information content (AvgIpc) is 3.22. The van der Waals surface area contributed by atoms with Crippen LogP contribution < -0.4 is 10.6 Å². The molecule has 1 fully saturated rings. The Balaban J connectivity index is 1.56. The van der Waals surface area contributed by atoms with Crippen molar-refractivity contribution in [3.63, 3.8) is 0 Å². The zero-order chi connectivity index (χ0) is 18.3. The molecule has 1 atom stereocenters. The van der Waals surface area contributed by atoms with Gasteiger partial charge < -0.3 is 9.73 Å². The number of benzene rings is 1. The fourth-order valence-electron chi connectivity index (χ4n) is 3.18. The molecule has 8 nitrogen and oxygen atoms in total. The highest BCUT2D eigenvalue weighted by molar-refractivity contribution is 6.23. The van der Waals surface area contributed by atoms with Crippen LogP contribution in [-0.4, -0.2) is 34.6 Å². The summed E-state index contributed by atoms with van der Waals surface area (Å²) in [6, 6.07) is 7.48. The van der Waals surface area contributed by atoms with Gasteiger partial charge in [0.15, 0.2) is 0 Å². The molecule has 4 rings (SSSR count). The quantitative estimate of drug-likeness (QED) is 0.802. The first-order valence-corrected chi connectivity index (χ1v) is 8.16. The van der Waals surface area contributed by atoms with Gasteiger partial charge in [-0.05, 0) is 36.8 Å². The van der Waals surface area contributed by atoms with Gasteiger partial charge in [-0.15, -0.1) is 0 Å². The summed E-state index contributed by atoms with van der Waals surface area (Å²) in [6.45, 7) is 0.435. The molecule has 1 aromatic carbocycles. The van der Waals surface area contributed by atoms with Crippen molar-refractivity contribution < 1.29 is 23.6 Å². The number of nitrogens with zero attached hydrogens (tertiary/aromatic N) is 1. The number of piperidine rings is 1. The van der Waals surface area contributed by atoms with Crippen molar-refractivity contribution in [2.45, 2.75) is 25.4 Å². The summed E-state index contributed by atoms with van der Waals surface area (Å²) in [5, 5.41) is 5.30. The van der Waals surface area contributed by atoms with E-state index in [0.29, 0.717) is 12.2 Å². The van der Waals surface area contributed by atoms with Gasteiger partial charge in [-0.1, -0.05) is 0 Å². The SMILES string of the molecule is O=C1CCC(N2C(=O)c3ccc(NCc4ccco4)cc3C2=O)C(=O)N1. The van der Waals surface area contributed by atoms with E-state index in [2.05, 4.69) is 10.6 Å². The van der Waals surface area contributed by atoms with E-state index in [1.165, 1.54) is 0 Å². The average molecular weight is 353 g/mol. The summed E-state index contributed by atoms with van der Waals surface area (Å²) >= 11 is 0. The van der Waals surface area contributed by atoms with Gasteiger partial charge in [0.25, 0.3) is 11.8 Å². The summed E-state index contributed by atoms with van der Waals surface area (Å²) in [4.78, 5) is 49.6. The van der Waals surface area contributed by atoms with Crippen LogP contribution in [0.5, 0.6) is 0 Å². The van der Waals surface area contributed by atoms with Crippen LogP contribution in [0.1, 0.15) is 39.3 Å². The lowest BCUT2D eigenvalue weighted by molar-refractivity contribution is -0.136. The molecule has 1 unspecified atom stereocenters. The number of hydrogen-bond acceptors (Lipinski definition) is 6. The minimum atomic E-state index is -0.959. The second kappa shape index (κ2) is 6.14. The van der Waals surface area contributed by atoms with E-state index in [9.17, 15) is 19.2 Å². The van der Waals surface area contributed by atoms with Gasteiger partial charge >= 0.3 is 0 Å². The predicted molar refractivity (Wildman–Crippen MR) is 89.1 cm³/mol. The molecule has 3 heterocycles. The highest BCUT2D eigenvalue weighted by Gasteiger charge is 2.44. The fourth-order valence-corrected chi connectivity index (χ4v) is 3.18. The van der Waals surface area contributed by atoms with E-state index in [0.717, 1.165) is 10.7 Å². The second-order valence-corrected chi connectivity index (χ2v) is 6.14. The van der Waals surface area contributed by atoms with Crippen LogP contribution in [0, 0.1) is 0 Å². The molecule has 2 aliphatic heterocycles. The molecule has 0 spiro atoms. The minimum absolute atomic E-state index is 0.0970. The number of hydrogen-bond donors (Lipinski definition) is 2. The van der Waals surface area contributed by atoms with Gasteiger partial charge in [0.05, 0.1) is 23.9 Å². The number of carbonyl (C=O) groups is 4. The molecule has 1 aromatic heterocycles. The smallest absolute Gasteiger partial charge is 0.262 e. The van der Waals surface area contributed by atoms with E-state index in [1.807, 2.05) is 6.07 Å². The first-order valence-electron chi connectivity index (χ1n) is 8.16. The number of imide groups is 2. The van der Waals surface area contributed by atoms with E-state index in [4.69, 9.17) is 4.42 Å². The lowest BCUT2D eigenvalue weighted by Crippen LogP contribution is -2.54. The number of rotatable bonds is 4. The second-order valence-electron chi connectivity index (χ2n) is 6.14. The fraction of sp³-hybridized carbons (Fsp3) is 0.222. The van der Waals surface area contributed by atoms with Gasteiger partial charge in [0, 0.05) is 12.1 Å². The molecule has 0 aliphatic carbocycles. The standard InChI is InChI=1S/C18H15N3O5/c22-15-6-5-14(16(23)20-15)21-17(24)12-4-3-10(8-13(12)18(21)25)19-9-11-2-1-7-26-11/h1-4,7-8,14,19H,5-6,9H2,(H,20,22,23). The molecule has 26 heavy (non-hydrogen) atoms. The molecule has 8 heteroatoms. The topological polar surface area (TPSA) is 109 Å². The highest BCUT2D eigenvalue weighted by atomic mass is 16.3. The van der Waals surface area contributed by atoms with Crippen LogP contribution in [0.4, 0.5) is 5.69 Å². The normalized spacial score (nSPS) is 19.5. The Hall–Kier alpha value is -3.42. The van der Waals surface area contributed by atoms with Crippen molar-refractivity contribution in [1.82, 2.24) is 10.2 Å². The van der Waals surface area contributed by atoms with E-state index < -0.39 is 29.7 Å². The molecule has 1 saturated heterocycles. The summed E-state index contributed by atoms with van der Waals surface area (Å²) in [5.41, 5.74) is 1.15. The van der Waals surface area contributed by atoms with Crippen molar-refractivity contribution in [2.75, 3.05) is 5.32 Å². The number of carbonyl (C=O) groups excluding carboxylic acids is 4. The Morgan fingerprint density at radius 2 is 1.92 bits per heavy atom. The molecule has 2 N–H and O–H groups in total. The molecular weight excluding hydrogens is 338 g/mol. The van der Waals surface area contributed by atoms with E-state index in [-0.39, 0.29) is 24.0 Å². The Labute approximate surface area is 148 Å². The highest BCUT2D eigenvalue weighted by Crippen LogP contribution is 2.29. The van der Waals surface area contributed by atoms with Gasteiger partial charge in [0.2, 0.25) is 11.8 Å². The molecule has 0 bridgehead atoms. The van der Waals surface area contributed by atoms with Crippen molar-refractivity contribution in [3.05, 3.63) is 53.5 Å². The number of fused-ring (bicyclic) bond motifs is 1. The molecule has 2 aromatic rings. The maximum Gasteiger partial charge on any atom is 0.262 e. The summed E-state index contributed by atoms with van der Waals surface area (Å²) in [7, 11) is 0. The first kappa shape index (κ1) is 16.1. The van der Waals surface area contributed by atoms with Crippen LogP contribution in [0.3, 0.4) is 0 Å². The van der Waals surface area contributed by atoms with Crippen LogP contribution in [0.2, 0.25) is 0 Å². The molecular formula is C18H15N3O5. The Bertz CT molecular complexity index is 919. The number of amides is 4. The van der Waals surface area contributed by atoms with Crippen LogP contribution in [-0.2, 0) is 16.1 Å². The van der Waals surface area contributed by atoms with Gasteiger partial charge in [-0.25, -0.2) is 0 Å². The molecule has 0 radical (unpaired) electrons. The van der Waals surface area contributed by atoms with Gasteiger partial charge in [-0.2, -0.15) is 0 Å². The van der Waals surface area contributed by atoms with Gasteiger partial charge in [0.1, 0.15) is 11.8 Å². The van der Waals surface area contributed by atoms with Gasteiger partial charge in [-0.3, -0.25) is 29.4 Å². The first-order chi connectivity index (χ1) is 12.5. The molecule has 0 saturated carbocycles. The zero-order valence-electron chi connectivity index (χ0n) is 13.7. The minimum Gasteiger partial charge on any atom is -0.467 e. The molecule has 132 valence electrons. The van der Waals surface area contributed by atoms with Crippen molar-refractivity contribution in [2.24, 2.45) is 0 Å². The number of furan rings is 1. The zero-order valence-corrected chi connectivity index (χ0v) is 13.7. The lowest BCUT2D eigenvalue weighted by atomic mass is 10.0. The lowest BCUT2D eigenvalue weighted by Gasteiger charge is -2.27. The van der Waals surface area contributed by atoms with Crippen LogP contribution >= 0.6 is 0 Å². The monoisotopic (exact) mass is 353 g/mol. The summed E-state index contributed by atoms with van der Waals surface area (Å²) in [5.74, 6) is -1.32. The maximum atomic E-state index is 12.7. The molecule has 2 aliphatic rings. The largest absolute Gasteiger partial charge is 0.467 e. The Kier molecular flexibility index (Phi) is 3.80.